The van der Waals surface area contributed by atoms with E-state index in [4.69, 9.17) is 10.5 Å². The molecule has 0 N–H and O–H groups in total. The molecule has 3 rings (SSSR count). The summed E-state index contributed by atoms with van der Waals surface area (Å²) in [6, 6.07) is 4.55. The summed E-state index contributed by atoms with van der Waals surface area (Å²) in [7, 11) is 0. The third-order valence-electron chi connectivity index (χ3n) is 4.00. The lowest BCUT2D eigenvalue weighted by atomic mass is 9.91. The van der Waals surface area contributed by atoms with Gasteiger partial charge in [-0.1, -0.05) is 44.0 Å². The maximum Gasteiger partial charge on any atom is 0.0951 e. The van der Waals surface area contributed by atoms with Gasteiger partial charge in [0.15, 0.2) is 0 Å². The van der Waals surface area contributed by atoms with Gasteiger partial charge in [-0.15, -0.1) is 0 Å². The van der Waals surface area contributed by atoms with Gasteiger partial charge in [0, 0.05) is 31.6 Å². The van der Waals surface area contributed by atoms with Crippen LogP contribution in [0.15, 0.2) is 23.3 Å². The molecule has 4 atom stereocenters. The Bertz CT molecular complexity index is 462. The number of nitriles is 2. The minimum atomic E-state index is -0.124. The molecule has 4 heteroatoms. The highest BCUT2D eigenvalue weighted by Gasteiger charge is 2.81. The van der Waals surface area contributed by atoms with Crippen molar-refractivity contribution in [2.45, 2.75) is 16.1 Å². The number of halogens is 2. The number of nitrogens with zero attached hydrogens (tertiary/aromatic N) is 2. The van der Waals surface area contributed by atoms with Crippen LogP contribution in [0.25, 0.3) is 0 Å². The van der Waals surface area contributed by atoms with E-state index in [1.165, 1.54) is 0 Å². The van der Waals surface area contributed by atoms with Gasteiger partial charge in [0.25, 0.3) is 0 Å². The highest BCUT2D eigenvalue weighted by molar-refractivity contribution is 9.10. The Labute approximate surface area is 105 Å². The van der Waals surface area contributed by atoms with Crippen molar-refractivity contribution >= 4 is 31.9 Å². The fraction of sp³-hybridized carbons (Fsp3) is 0.455. The molecule has 0 bridgehead atoms. The Hall–Kier alpha value is -0.580. The quantitative estimate of drug-likeness (QED) is 0.643. The molecular formula is C11H6Br2N2. The molecule has 0 radical (unpaired) electrons. The molecule has 0 aromatic rings. The molecule has 0 aromatic heterocycles. The molecule has 0 aliphatic heterocycles. The fourth-order valence-corrected chi connectivity index (χ4v) is 5.36. The summed E-state index contributed by atoms with van der Waals surface area (Å²) >= 11 is 7.18. The number of alkyl halides is 2. The van der Waals surface area contributed by atoms with E-state index >= 15 is 0 Å². The molecule has 0 unspecified atom stereocenters. The van der Waals surface area contributed by atoms with Crippen LogP contribution in [0.1, 0.15) is 6.42 Å². The van der Waals surface area contributed by atoms with Crippen LogP contribution in [0.5, 0.6) is 0 Å². The summed E-state index contributed by atoms with van der Waals surface area (Å²) in [5.74, 6) is 0. The van der Waals surface area contributed by atoms with E-state index in [0.29, 0.717) is 0 Å². The zero-order chi connectivity index (χ0) is 10.8. The summed E-state index contributed by atoms with van der Waals surface area (Å²) in [6.45, 7) is 0. The predicted octanol–water partition coefficient (Wildman–Crippen LogP) is 2.82. The molecule has 1 fully saturated rings. The fourth-order valence-electron chi connectivity index (χ4n) is 3.20. The maximum atomic E-state index is 9.13. The zero-order valence-corrected chi connectivity index (χ0v) is 10.8. The van der Waals surface area contributed by atoms with Crippen molar-refractivity contribution in [2.24, 2.45) is 10.8 Å². The van der Waals surface area contributed by atoms with Crippen LogP contribution in [-0.4, -0.2) is 9.65 Å². The smallest absolute Gasteiger partial charge is 0.0951 e. The van der Waals surface area contributed by atoms with Crippen molar-refractivity contribution in [3.05, 3.63) is 23.3 Å². The third kappa shape index (κ3) is 0.747. The molecule has 0 heterocycles. The lowest BCUT2D eigenvalue weighted by molar-refractivity contribution is 0.550. The van der Waals surface area contributed by atoms with Crippen molar-refractivity contribution < 1.29 is 0 Å². The second kappa shape index (κ2) is 2.56. The Kier molecular flexibility index (Phi) is 1.65. The van der Waals surface area contributed by atoms with E-state index in [1.807, 2.05) is 12.2 Å². The molecular weight excluding hydrogens is 320 g/mol. The van der Waals surface area contributed by atoms with E-state index in [-0.39, 0.29) is 20.5 Å². The molecule has 0 saturated heterocycles. The predicted molar refractivity (Wildman–Crippen MR) is 62.3 cm³/mol. The van der Waals surface area contributed by atoms with E-state index in [9.17, 15) is 0 Å². The molecule has 15 heavy (non-hydrogen) atoms. The Balaban J connectivity index is 2.19. The molecule has 1 saturated carbocycles. The van der Waals surface area contributed by atoms with Crippen LogP contribution in [0.3, 0.4) is 0 Å². The van der Waals surface area contributed by atoms with Gasteiger partial charge in [-0.3, -0.25) is 0 Å². The van der Waals surface area contributed by atoms with Crippen LogP contribution in [0, 0.1) is 33.5 Å². The Morgan fingerprint density at radius 1 is 1.07 bits per heavy atom. The van der Waals surface area contributed by atoms with E-state index < -0.39 is 0 Å². The van der Waals surface area contributed by atoms with Gasteiger partial charge in [0.2, 0.25) is 0 Å². The monoisotopic (exact) mass is 324 g/mol. The highest BCUT2D eigenvalue weighted by Crippen LogP contribution is 2.83. The average Bonchev–Trinajstić information content (AvgIpc) is 2.81. The molecule has 74 valence electrons. The average molecular weight is 326 g/mol. The molecule has 0 spiro atoms. The number of allylic oxidation sites excluding steroid dienone is 4. The summed E-state index contributed by atoms with van der Waals surface area (Å²) in [5.41, 5.74) is 1.41. The topological polar surface area (TPSA) is 47.6 Å². The molecule has 3 aliphatic carbocycles. The highest BCUT2D eigenvalue weighted by atomic mass is 79.9. The molecule has 0 aromatic carbocycles. The van der Waals surface area contributed by atoms with Gasteiger partial charge >= 0.3 is 0 Å². The van der Waals surface area contributed by atoms with Gasteiger partial charge in [-0.05, 0) is 6.42 Å². The first-order chi connectivity index (χ1) is 7.13. The van der Waals surface area contributed by atoms with Crippen molar-refractivity contribution in [1.29, 1.82) is 10.5 Å². The normalized spacial score (nSPS) is 49.6. The van der Waals surface area contributed by atoms with Crippen molar-refractivity contribution in [2.75, 3.05) is 0 Å². The zero-order valence-electron chi connectivity index (χ0n) is 7.67. The first-order valence-corrected chi connectivity index (χ1v) is 6.49. The van der Waals surface area contributed by atoms with Gasteiger partial charge in [0.05, 0.1) is 12.1 Å². The van der Waals surface area contributed by atoms with E-state index in [1.54, 1.807) is 0 Å². The SMILES string of the molecule is N#CC1=C[C@@H](Br)[C@]23C[C@@]12[C@@H](Br)C=C3C#N. The molecule has 2 nitrogen and oxygen atoms in total. The largest absolute Gasteiger partial charge is 0.193 e. The van der Waals surface area contributed by atoms with E-state index in [0.717, 1.165) is 17.6 Å². The lowest BCUT2D eigenvalue weighted by Gasteiger charge is -2.15. The summed E-state index contributed by atoms with van der Waals surface area (Å²) < 4.78 is 0. The molecule has 0 amide bonds. The first kappa shape index (κ1) is 9.63. The third-order valence-corrected chi connectivity index (χ3v) is 6.09. The Morgan fingerprint density at radius 2 is 1.47 bits per heavy atom. The van der Waals surface area contributed by atoms with Crippen molar-refractivity contribution in [3.8, 4) is 12.1 Å². The van der Waals surface area contributed by atoms with Crippen LogP contribution in [-0.2, 0) is 0 Å². The van der Waals surface area contributed by atoms with Gasteiger partial charge in [-0.2, -0.15) is 10.5 Å². The molecule has 3 aliphatic rings. The van der Waals surface area contributed by atoms with E-state index in [2.05, 4.69) is 44.0 Å². The number of rotatable bonds is 0. The minimum absolute atomic E-state index is 0.124. The standard InChI is InChI=1S/C11H6Br2N2/c12-8-1-6(3-14)10-5-11(8,10)7(4-15)2-9(10)13/h1-2,8-9H,5H2/t8-,9+,10+,11-. The van der Waals surface area contributed by atoms with Crippen molar-refractivity contribution in [1.82, 2.24) is 0 Å². The van der Waals surface area contributed by atoms with Gasteiger partial charge < -0.3 is 0 Å². The number of hydrogen-bond donors (Lipinski definition) is 0. The lowest BCUT2D eigenvalue weighted by Crippen LogP contribution is -2.18. The van der Waals surface area contributed by atoms with Crippen molar-refractivity contribution in [3.63, 3.8) is 0 Å². The van der Waals surface area contributed by atoms with Crippen LogP contribution < -0.4 is 0 Å². The van der Waals surface area contributed by atoms with Gasteiger partial charge in [0.1, 0.15) is 0 Å². The maximum absolute atomic E-state index is 9.13. The van der Waals surface area contributed by atoms with Crippen LogP contribution >= 0.6 is 31.9 Å². The van der Waals surface area contributed by atoms with Crippen LogP contribution in [0.4, 0.5) is 0 Å². The van der Waals surface area contributed by atoms with Crippen LogP contribution in [0.2, 0.25) is 0 Å². The second-order valence-electron chi connectivity index (χ2n) is 4.31. The number of hydrogen-bond acceptors (Lipinski definition) is 2. The van der Waals surface area contributed by atoms with Gasteiger partial charge in [-0.25, -0.2) is 0 Å². The summed E-state index contributed by atoms with van der Waals surface area (Å²) in [4.78, 5) is 0.265. The minimum Gasteiger partial charge on any atom is -0.193 e. The first-order valence-electron chi connectivity index (χ1n) is 4.66. The second-order valence-corrected chi connectivity index (χ2v) is 6.28. The summed E-state index contributed by atoms with van der Waals surface area (Å²) in [6.07, 6.45) is 4.84. The summed E-state index contributed by atoms with van der Waals surface area (Å²) in [5, 5.41) is 18.3. The Morgan fingerprint density at radius 3 is 1.80 bits per heavy atom.